The maximum atomic E-state index is 12.9. The maximum absolute atomic E-state index is 12.9. The van der Waals surface area contributed by atoms with Gasteiger partial charge in [-0.15, -0.1) is 0 Å². The number of benzene rings is 2. The summed E-state index contributed by atoms with van der Waals surface area (Å²) in [7, 11) is -4.19. The molecule has 1 aliphatic rings. The van der Waals surface area contributed by atoms with Crippen LogP contribution < -0.4 is 15.2 Å². The first-order valence-electron chi connectivity index (χ1n) is 11.2. The van der Waals surface area contributed by atoms with E-state index in [9.17, 15) is 27.4 Å². The lowest BCUT2D eigenvalue weighted by molar-refractivity contribution is -0.0487. The van der Waals surface area contributed by atoms with Crippen molar-refractivity contribution in [2.75, 3.05) is 11.9 Å². The van der Waals surface area contributed by atoms with Crippen LogP contribution in [0.4, 0.5) is 14.6 Å². The van der Waals surface area contributed by atoms with E-state index in [1.807, 2.05) is 0 Å². The molecule has 196 valence electrons. The van der Waals surface area contributed by atoms with Crippen LogP contribution in [0.25, 0.3) is 27.7 Å². The summed E-state index contributed by atoms with van der Waals surface area (Å²) in [6.45, 7) is -3.33. The molecule has 14 heteroatoms. The molecule has 1 fully saturated rings. The summed E-state index contributed by atoms with van der Waals surface area (Å²) >= 11 is 0. The highest BCUT2D eigenvalue weighted by molar-refractivity contribution is 7.84. The van der Waals surface area contributed by atoms with Crippen LogP contribution >= 0.6 is 0 Å². The number of alkyl halides is 2. The lowest BCUT2D eigenvalue weighted by Crippen LogP contribution is -2.36. The Labute approximate surface area is 209 Å². The van der Waals surface area contributed by atoms with Gasteiger partial charge in [0.25, 0.3) is 0 Å². The van der Waals surface area contributed by atoms with Gasteiger partial charge < -0.3 is 20.3 Å². The van der Waals surface area contributed by atoms with Gasteiger partial charge in [0, 0.05) is 29.1 Å². The van der Waals surface area contributed by atoms with Gasteiger partial charge in [0.05, 0.1) is 24.4 Å². The molecular formula is C23H23F2N5O6S. The van der Waals surface area contributed by atoms with Gasteiger partial charge in [0.15, 0.2) is 5.65 Å². The number of fused-ring (bicyclic) bond motifs is 2. The fourth-order valence-corrected chi connectivity index (χ4v) is 5.00. The van der Waals surface area contributed by atoms with Crippen molar-refractivity contribution in [1.29, 1.82) is 0 Å². The number of aliphatic hydroxyl groups is 2. The molecule has 5 N–H and O–H groups in total. The van der Waals surface area contributed by atoms with Crippen molar-refractivity contribution in [2.24, 2.45) is 11.1 Å². The van der Waals surface area contributed by atoms with Gasteiger partial charge in [-0.1, -0.05) is 24.3 Å². The standard InChI is InChI=1S/C23H23F2N5O6S/c24-23(25)36-18-6-5-14(13-3-1-2-4-15(13)18)16-10-20-27-8-7-19(30(20)29-16)28-17-9-12(21(31)22(17)32)11-35-37(26,33)34/h1-8,10,12,17,21-23,28,31-32H,9,11H2,(H2,26,33,34)/t12-,17-,21-,22+/m1/s1. The van der Waals surface area contributed by atoms with E-state index in [0.29, 0.717) is 33.5 Å². The third-order valence-electron chi connectivity index (χ3n) is 6.32. The second-order valence-corrected chi connectivity index (χ2v) is 9.89. The Balaban J connectivity index is 1.45. The van der Waals surface area contributed by atoms with Crippen molar-refractivity contribution in [3.8, 4) is 17.0 Å². The number of anilines is 1. The van der Waals surface area contributed by atoms with E-state index in [4.69, 9.17) is 5.14 Å². The van der Waals surface area contributed by atoms with Crippen molar-refractivity contribution in [1.82, 2.24) is 14.6 Å². The van der Waals surface area contributed by atoms with E-state index in [2.05, 4.69) is 24.3 Å². The summed E-state index contributed by atoms with van der Waals surface area (Å²) in [5.74, 6) is -0.160. The zero-order chi connectivity index (χ0) is 26.3. The molecule has 5 rings (SSSR count). The van der Waals surface area contributed by atoms with E-state index in [0.717, 1.165) is 0 Å². The van der Waals surface area contributed by atoms with E-state index in [1.54, 1.807) is 48.7 Å². The first-order valence-corrected chi connectivity index (χ1v) is 12.7. The molecular weight excluding hydrogens is 512 g/mol. The quantitative estimate of drug-likeness (QED) is 0.264. The number of nitrogens with two attached hydrogens (primary N) is 1. The predicted octanol–water partition coefficient (Wildman–Crippen LogP) is 1.89. The van der Waals surface area contributed by atoms with Crippen LogP contribution in [0.3, 0.4) is 0 Å². The monoisotopic (exact) mass is 535 g/mol. The highest BCUT2D eigenvalue weighted by atomic mass is 32.2. The lowest BCUT2D eigenvalue weighted by atomic mass is 10.0. The Morgan fingerprint density at radius 1 is 1.14 bits per heavy atom. The van der Waals surface area contributed by atoms with Gasteiger partial charge in [-0.25, -0.2) is 10.1 Å². The number of aromatic nitrogens is 3. The molecule has 0 unspecified atom stereocenters. The molecule has 0 amide bonds. The number of halogens is 2. The van der Waals surface area contributed by atoms with E-state index in [1.165, 1.54) is 10.6 Å². The summed E-state index contributed by atoms with van der Waals surface area (Å²) < 4.78 is 58.7. The fourth-order valence-electron chi connectivity index (χ4n) is 4.63. The van der Waals surface area contributed by atoms with E-state index >= 15 is 0 Å². The number of hydrogen-bond donors (Lipinski definition) is 4. The highest BCUT2D eigenvalue weighted by Gasteiger charge is 2.42. The third kappa shape index (κ3) is 5.19. The molecule has 2 aromatic heterocycles. The van der Waals surface area contributed by atoms with E-state index in [-0.39, 0.29) is 18.8 Å². The zero-order valence-corrected chi connectivity index (χ0v) is 19.9. The first-order chi connectivity index (χ1) is 17.6. The van der Waals surface area contributed by atoms with Crippen molar-refractivity contribution >= 4 is 32.5 Å². The molecule has 0 bridgehead atoms. The van der Waals surface area contributed by atoms with Crippen LogP contribution in [0.2, 0.25) is 0 Å². The molecule has 0 aliphatic heterocycles. The molecule has 0 spiro atoms. The molecule has 2 heterocycles. The summed E-state index contributed by atoms with van der Waals surface area (Å²) in [4.78, 5) is 4.33. The molecule has 4 aromatic rings. The molecule has 4 atom stereocenters. The third-order valence-corrected chi connectivity index (χ3v) is 6.78. The van der Waals surface area contributed by atoms with Gasteiger partial charge in [-0.3, -0.25) is 4.18 Å². The van der Waals surface area contributed by atoms with Crippen LogP contribution in [0.15, 0.2) is 54.7 Å². The van der Waals surface area contributed by atoms with Gasteiger partial charge in [0.2, 0.25) is 0 Å². The topological polar surface area (TPSA) is 161 Å². The number of rotatable bonds is 8. The van der Waals surface area contributed by atoms with Crippen LogP contribution in [0.1, 0.15) is 6.42 Å². The summed E-state index contributed by atoms with van der Waals surface area (Å²) in [5, 5.41) is 34.7. The predicted molar refractivity (Wildman–Crippen MR) is 129 cm³/mol. The molecule has 0 radical (unpaired) electrons. The Bertz CT molecular complexity index is 1550. The molecule has 11 nitrogen and oxygen atoms in total. The molecule has 2 aromatic carbocycles. The van der Waals surface area contributed by atoms with Crippen molar-refractivity contribution in [3.63, 3.8) is 0 Å². The van der Waals surface area contributed by atoms with E-state index < -0.39 is 41.1 Å². The molecule has 1 saturated carbocycles. The van der Waals surface area contributed by atoms with Gasteiger partial charge in [0.1, 0.15) is 17.7 Å². The van der Waals surface area contributed by atoms with Gasteiger partial charge >= 0.3 is 16.9 Å². The SMILES string of the molecule is NS(=O)(=O)OC[C@H]1C[C@@H](Nc2ccnc3cc(-c4ccc(OC(F)F)c5ccccc45)nn23)[C@H](O)[C@@H]1O. The molecule has 1 aliphatic carbocycles. The summed E-state index contributed by atoms with van der Waals surface area (Å²) in [5.41, 5.74) is 1.66. The Hall–Kier alpha value is -3.43. The van der Waals surface area contributed by atoms with Crippen LogP contribution in [-0.2, 0) is 14.5 Å². The highest BCUT2D eigenvalue weighted by Crippen LogP contribution is 2.35. The Morgan fingerprint density at radius 3 is 2.62 bits per heavy atom. The second kappa shape index (κ2) is 9.79. The van der Waals surface area contributed by atoms with Crippen LogP contribution in [-0.4, -0.2) is 64.7 Å². The van der Waals surface area contributed by atoms with Crippen LogP contribution in [0.5, 0.6) is 5.75 Å². The van der Waals surface area contributed by atoms with Gasteiger partial charge in [-0.2, -0.15) is 26.8 Å². The van der Waals surface area contributed by atoms with Gasteiger partial charge in [-0.05, 0) is 30.0 Å². The Morgan fingerprint density at radius 2 is 1.89 bits per heavy atom. The van der Waals surface area contributed by atoms with Crippen molar-refractivity contribution < 1.29 is 36.3 Å². The van der Waals surface area contributed by atoms with Crippen molar-refractivity contribution in [3.05, 3.63) is 54.7 Å². The second-order valence-electron chi connectivity index (χ2n) is 8.67. The minimum absolute atomic E-state index is 0.0494. The number of nitrogens with one attached hydrogen (secondary N) is 1. The number of ether oxygens (including phenoxy) is 1. The minimum Gasteiger partial charge on any atom is -0.434 e. The maximum Gasteiger partial charge on any atom is 0.387 e. The molecule has 37 heavy (non-hydrogen) atoms. The number of hydrogen-bond acceptors (Lipinski definition) is 9. The average Bonchev–Trinajstić information content (AvgIpc) is 3.39. The zero-order valence-electron chi connectivity index (χ0n) is 19.1. The molecule has 0 saturated heterocycles. The van der Waals surface area contributed by atoms with Crippen molar-refractivity contribution in [2.45, 2.75) is 31.3 Å². The minimum atomic E-state index is -4.19. The smallest absolute Gasteiger partial charge is 0.387 e. The largest absolute Gasteiger partial charge is 0.434 e. The number of nitrogens with zero attached hydrogens (tertiary/aromatic N) is 3. The lowest BCUT2D eigenvalue weighted by Gasteiger charge is -2.19. The fraction of sp³-hybridized carbons (Fsp3) is 0.304. The van der Waals surface area contributed by atoms with Crippen LogP contribution in [0, 0.1) is 5.92 Å². The number of aliphatic hydroxyl groups excluding tert-OH is 2. The normalized spacial score (nSPS) is 22.2. The summed E-state index contributed by atoms with van der Waals surface area (Å²) in [6, 6.07) is 12.8. The first kappa shape index (κ1) is 25.2. The average molecular weight is 536 g/mol. The summed E-state index contributed by atoms with van der Waals surface area (Å²) in [6.07, 6.45) is -0.699. The Kier molecular flexibility index (Phi) is 6.68.